The number of aliphatic hydroxyl groups excluding tert-OH is 1. The molecule has 0 radical (unpaired) electrons. The number of nitrogens with one attached hydrogen (secondary N) is 1. The van der Waals surface area contributed by atoms with Crippen molar-refractivity contribution in [2.45, 2.75) is 31.4 Å². The van der Waals surface area contributed by atoms with Crippen LogP contribution in [0.2, 0.25) is 0 Å². The summed E-state index contributed by atoms with van der Waals surface area (Å²) in [6.45, 7) is 1.29. The Labute approximate surface area is 141 Å². The molecule has 2 rings (SSSR count). The molecule has 1 saturated heterocycles. The average Bonchev–Trinajstić information content (AvgIpc) is 2.58. The lowest BCUT2D eigenvalue weighted by atomic mass is 9.91. The van der Waals surface area contributed by atoms with E-state index in [1.165, 1.54) is 24.1 Å². The minimum absolute atomic E-state index is 0.0562. The second-order valence-electron chi connectivity index (χ2n) is 6.07. The molecule has 0 aromatic heterocycles. The molecule has 6 nitrogen and oxygen atoms in total. The van der Waals surface area contributed by atoms with E-state index in [9.17, 15) is 14.3 Å². The quantitative estimate of drug-likeness (QED) is 0.606. The van der Waals surface area contributed by atoms with Gasteiger partial charge >= 0.3 is 0 Å². The Kier molecular flexibility index (Phi) is 6.53. The molecule has 24 heavy (non-hydrogen) atoms. The molecule has 1 aliphatic rings. The van der Waals surface area contributed by atoms with Crippen molar-refractivity contribution in [3.63, 3.8) is 0 Å². The van der Waals surface area contributed by atoms with Gasteiger partial charge in [0.2, 0.25) is 0 Å². The third-order valence-electron chi connectivity index (χ3n) is 4.25. The van der Waals surface area contributed by atoms with E-state index >= 15 is 0 Å². The van der Waals surface area contributed by atoms with Crippen molar-refractivity contribution in [2.24, 2.45) is 0 Å². The van der Waals surface area contributed by atoms with E-state index in [0.29, 0.717) is 43.7 Å². The van der Waals surface area contributed by atoms with E-state index < -0.39 is 17.3 Å². The van der Waals surface area contributed by atoms with Crippen LogP contribution >= 0.6 is 0 Å². The van der Waals surface area contributed by atoms with Crippen LogP contribution in [-0.4, -0.2) is 60.0 Å². The van der Waals surface area contributed by atoms with Crippen molar-refractivity contribution < 1.29 is 24.1 Å². The molecule has 1 aromatic carbocycles. The van der Waals surface area contributed by atoms with E-state index in [1.54, 1.807) is 6.07 Å². The Bertz CT molecular complexity index is 570. The van der Waals surface area contributed by atoms with Crippen LogP contribution in [0.15, 0.2) is 18.2 Å². The Hall–Kier alpha value is -1.70. The number of benzene rings is 1. The largest absolute Gasteiger partial charge is 0.497 e. The molecule has 7 heteroatoms. The van der Waals surface area contributed by atoms with Crippen LogP contribution in [0.3, 0.4) is 0 Å². The second-order valence-corrected chi connectivity index (χ2v) is 6.07. The Morgan fingerprint density at radius 3 is 2.96 bits per heavy atom. The van der Waals surface area contributed by atoms with Gasteiger partial charge in [0.05, 0.1) is 7.11 Å². The lowest BCUT2D eigenvalue weighted by Crippen LogP contribution is -2.57. The molecular formula is C17H25FN2O4. The first-order valence-electron chi connectivity index (χ1n) is 8.16. The molecule has 0 aliphatic carbocycles. The number of halogens is 1. The molecule has 0 saturated carbocycles. The van der Waals surface area contributed by atoms with Crippen LogP contribution in [0.5, 0.6) is 5.75 Å². The molecule has 1 atom stereocenters. The van der Waals surface area contributed by atoms with Gasteiger partial charge in [0, 0.05) is 31.8 Å². The summed E-state index contributed by atoms with van der Waals surface area (Å²) in [6, 6.07) is 4.40. The number of hydrogen-bond donors (Lipinski definition) is 3. The molecule has 1 unspecified atom stereocenters. The number of amides is 1. The number of nitrogens with zero attached hydrogens (tertiary/aromatic N) is 1. The lowest BCUT2D eigenvalue weighted by Gasteiger charge is -2.38. The number of carbonyl (C=O) groups excluding carboxylic acids is 1. The van der Waals surface area contributed by atoms with E-state index in [2.05, 4.69) is 5.32 Å². The van der Waals surface area contributed by atoms with Crippen molar-refractivity contribution in [3.05, 3.63) is 29.6 Å². The van der Waals surface area contributed by atoms with Crippen molar-refractivity contribution in [1.82, 2.24) is 10.2 Å². The number of piperidine rings is 1. The highest BCUT2D eigenvalue weighted by Gasteiger charge is 2.41. The molecular weight excluding hydrogens is 315 g/mol. The minimum atomic E-state index is -1.48. The number of likely N-dealkylation sites (tertiary alicyclic amines) is 1. The molecule has 1 aliphatic heterocycles. The fraction of sp³-hybridized carbons (Fsp3) is 0.588. The minimum Gasteiger partial charge on any atom is -0.497 e. The lowest BCUT2D eigenvalue weighted by molar-refractivity contribution is -0.157. The van der Waals surface area contributed by atoms with Gasteiger partial charge < -0.3 is 25.2 Å². The van der Waals surface area contributed by atoms with Crippen molar-refractivity contribution in [3.8, 4) is 5.75 Å². The summed E-state index contributed by atoms with van der Waals surface area (Å²) < 4.78 is 19.1. The standard InChI is InChI=1S/C17H25FN2O4/c1-24-14-4-5-15(18)13(10-14)11-20-8-2-6-17(23,16(20)22)12-19-7-3-9-21/h4-5,10,19,21,23H,2-3,6-9,11-12H2,1H3. The van der Waals surface area contributed by atoms with Gasteiger partial charge in [0.1, 0.15) is 11.6 Å². The van der Waals surface area contributed by atoms with Crippen LogP contribution in [-0.2, 0) is 11.3 Å². The molecule has 0 bridgehead atoms. The highest BCUT2D eigenvalue weighted by molar-refractivity contribution is 5.86. The number of carbonyl (C=O) groups is 1. The van der Waals surface area contributed by atoms with E-state index in [0.717, 1.165) is 0 Å². The van der Waals surface area contributed by atoms with Crippen LogP contribution in [0.1, 0.15) is 24.8 Å². The second kappa shape index (κ2) is 8.41. The van der Waals surface area contributed by atoms with Gasteiger partial charge in [-0.1, -0.05) is 0 Å². The van der Waals surface area contributed by atoms with Gasteiger partial charge in [-0.3, -0.25) is 4.79 Å². The zero-order valence-electron chi connectivity index (χ0n) is 13.9. The summed E-state index contributed by atoms with van der Waals surface area (Å²) >= 11 is 0. The Morgan fingerprint density at radius 1 is 1.46 bits per heavy atom. The number of methoxy groups -OCH3 is 1. The van der Waals surface area contributed by atoms with Crippen molar-refractivity contribution in [2.75, 3.05) is 33.4 Å². The molecule has 1 fully saturated rings. The zero-order valence-corrected chi connectivity index (χ0v) is 13.9. The SMILES string of the molecule is COc1ccc(F)c(CN2CCCC(O)(CNCCCO)C2=O)c1. The number of hydrogen-bond acceptors (Lipinski definition) is 5. The maximum absolute atomic E-state index is 14.0. The van der Waals surface area contributed by atoms with Gasteiger partial charge in [0.15, 0.2) is 5.60 Å². The summed E-state index contributed by atoms with van der Waals surface area (Å²) in [5.41, 5.74) is -1.12. The van der Waals surface area contributed by atoms with E-state index in [1.807, 2.05) is 0 Å². The maximum Gasteiger partial charge on any atom is 0.256 e. The maximum atomic E-state index is 14.0. The van der Waals surface area contributed by atoms with Crippen molar-refractivity contribution >= 4 is 5.91 Å². The van der Waals surface area contributed by atoms with Gasteiger partial charge in [-0.25, -0.2) is 4.39 Å². The fourth-order valence-corrected chi connectivity index (χ4v) is 2.88. The van der Waals surface area contributed by atoms with Gasteiger partial charge in [0.25, 0.3) is 5.91 Å². The number of rotatable bonds is 8. The molecule has 0 spiro atoms. The summed E-state index contributed by atoms with van der Waals surface area (Å²) in [7, 11) is 1.50. The van der Waals surface area contributed by atoms with Crippen LogP contribution in [0, 0.1) is 5.82 Å². The first-order valence-corrected chi connectivity index (χ1v) is 8.16. The molecule has 1 amide bonds. The number of aliphatic hydroxyl groups is 2. The summed E-state index contributed by atoms with van der Waals surface area (Å²) in [5, 5.41) is 22.4. The highest BCUT2D eigenvalue weighted by Crippen LogP contribution is 2.25. The molecule has 3 N–H and O–H groups in total. The summed E-state index contributed by atoms with van der Waals surface area (Å²) in [5.74, 6) is -0.275. The molecule has 1 aromatic rings. The predicted molar refractivity (Wildman–Crippen MR) is 87.1 cm³/mol. The Balaban J connectivity index is 2.04. The smallest absolute Gasteiger partial charge is 0.256 e. The van der Waals surface area contributed by atoms with Crippen molar-refractivity contribution in [1.29, 1.82) is 0 Å². The Morgan fingerprint density at radius 2 is 2.25 bits per heavy atom. The van der Waals surface area contributed by atoms with E-state index in [-0.39, 0.29) is 19.7 Å². The zero-order chi connectivity index (χ0) is 17.6. The topological polar surface area (TPSA) is 82.0 Å². The number of ether oxygens (including phenoxy) is 1. The monoisotopic (exact) mass is 340 g/mol. The van der Waals surface area contributed by atoms with Gasteiger partial charge in [-0.15, -0.1) is 0 Å². The van der Waals surface area contributed by atoms with Crippen LogP contribution < -0.4 is 10.1 Å². The first-order chi connectivity index (χ1) is 11.5. The fourth-order valence-electron chi connectivity index (χ4n) is 2.88. The third kappa shape index (κ3) is 4.43. The van der Waals surface area contributed by atoms with Crippen LogP contribution in [0.4, 0.5) is 4.39 Å². The summed E-state index contributed by atoms with van der Waals surface area (Å²) in [6.07, 6.45) is 1.58. The third-order valence-corrected chi connectivity index (χ3v) is 4.25. The predicted octanol–water partition coefficient (Wildman–Crippen LogP) is 0.660. The molecule has 1 heterocycles. The first kappa shape index (κ1) is 18.6. The van der Waals surface area contributed by atoms with Gasteiger partial charge in [-0.05, 0) is 44.0 Å². The highest BCUT2D eigenvalue weighted by atomic mass is 19.1. The van der Waals surface area contributed by atoms with Crippen LogP contribution in [0.25, 0.3) is 0 Å². The normalized spacial score (nSPS) is 21.2. The van der Waals surface area contributed by atoms with E-state index in [4.69, 9.17) is 9.84 Å². The summed E-state index contributed by atoms with van der Waals surface area (Å²) in [4.78, 5) is 14.1. The molecule has 134 valence electrons. The average molecular weight is 340 g/mol. The van der Waals surface area contributed by atoms with Gasteiger partial charge in [-0.2, -0.15) is 0 Å².